The van der Waals surface area contributed by atoms with Crippen LogP contribution in [0.25, 0.3) is 10.8 Å². The lowest BCUT2D eigenvalue weighted by atomic mass is 10.1. The zero-order chi connectivity index (χ0) is 14.4. The molecular weight excluding hydrogens is 256 g/mol. The van der Waals surface area contributed by atoms with E-state index in [1.54, 1.807) is 7.11 Å². The van der Waals surface area contributed by atoms with Gasteiger partial charge in [0.15, 0.2) is 0 Å². The average Bonchev–Trinajstić information content (AvgIpc) is 2.47. The first-order valence-corrected chi connectivity index (χ1v) is 6.47. The van der Waals surface area contributed by atoms with Gasteiger partial charge in [-0.05, 0) is 11.5 Å². The standard InChI is InChI=1S/C16H18O4/c1-12(17)19-10-14(18-2)11-20-16-9-5-7-13-6-3-4-8-15(13)16/h3-9,14H,10-11H2,1-2H3/t14-/m1/s1. The predicted octanol–water partition coefficient (Wildman–Crippen LogP) is 2.80. The van der Waals surface area contributed by atoms with E-state index in [2.05, 4.69) is 0 Å². The predicted molar refractivity (Wildman–Crippen MR) is 76.9 cm³/mol. The van der Waals surface area contributed by atoms with Gasteiger partial charge in [0, 0.05) is 19.4 Å². The van der Waals surface area contributed by atoms with Gasteiger partial charge in [-0.2, -0.15) is 0 Å². The Morgan fingerprint density at radius 3 is 2.60 bits per heavy atom. The first-order valence-electron chi connectivity index (χ1n) is 6.47. The second-order valence-corrected chi connectivity index (χ2v) is 4.45. The van der Waals surface area contributed by atoms with Gasteiger partial charge >= 0.3 is 5.97 Å². The molecule has 0 saturated heterocycles. The van der Waals surface area contributed by atoms with Crippen LogP contribution >= 0.6 is 0 Å². The van der Waals surface area contributed by atoms with Crippen molar-refractivity contribution < 1.29 is 19.0 Å². The topological polar surface area (TPSA) is 44.8 Å². The molecule has 4 nitrogen and oxygen atoms in total. The summed E-state index contributed by atoms with van der Waals surface area (Å²) < 4.78 is 15.9. The molecule has 0 spiro atoms. The summed E-state index contributed by atoms with van der Waals surface area (Å²) >= 11 is 0. The van der Waals surface area contributed by atoms with E-state index in [0.29, 0.717) is 6.61 Å². The summed E-state index contributed by atoms with van der Waals surface area (Å²) in [6.45, 7) is 1.90. The molecule has 0 aliphatic heterocycles. The third kappa shape index (κ3) is 3.71. The molecule has 2 aromatic carbocycles. The molecule has 1 atom stereocenters. The lowest BCUT2D eigenvalue weighted by Gasteiger charge is -2.16. The molecule has 0 unspecified atom stereocenters. The van der Waals surface area contributed by atoms with E-state index in [1.807, 2.05) is 42.5 Å². The van der Waals surface area contributed by atoms with Crippen molar-refractivity contribution in [1.82, 2.24) is 0 Å². The number of methoxy groups -OCH3 is 1. The fourth-order valence-electron chi connectivity index (χ4n) is 1.90. The van der Waals surface area contributed by atoms with Crippen molar-refractivity contribution in [2.75, 3.05) is 20.3 Å². The molecule has 0 saturated carbocycles. The van der Waals surface area contributed by atoms with E-state index in [9.17, 15) is 4.79 Å². The number of esters is 1. The summed E-state index contributed by atoms with van der Waals surface area (Å²) in [5.41, 5.74) is 0. The molecule has 0 aromatic heterocycles. The van der Waals surface area contributed by atoms with Crippen LogP contribution < -0.4 is 4.74 Å². The molecule has 0 aliphatic rings. The normalized spacial score (nSPS) is 12.1. The van der Waals surface area contributed by atoms with Crippen LogP contribution in [0.15, 0.2) is 42.5 Å². The molecule has 106 valence electrons. The maximum absolute atomic E-state index is 10.8. The summed E-state index contributed by atoms with van der Waals surface area (Å²) in [7, 11) is 1.57. The van der Waals surface area contributed by atoms with E-state index in [-0.39, 0.29) is 18.7 Å². The van der Waals surface area contributed by atoms with Crippen molar-refractivity contribution in [1.29, 1.82) is 0 Å². The van der Waals surface area contributed by atoms with Crippen LogP contribution in [-0.4, -0.2) is 32.4 Å². The van der Waals surface area contributed by atoms with Gasteiger partial charge in [-0.25, -0.2) is 0 Å². The van der Waals surface area contributed by atoms with E-state index in [1.165, 1.54) is 6.92 Å². The number of fused-ring (bicyclic) bond motifs is 1. The lowest BCUT2D eigenvalue weighted by Crippen LogP contribution is -2.26. The van der Waals surface area contributed by atoms with Gasteiger partial charge in [-0.1, -0.05) is 36.4 Å². The fourth-order valence-corrected chi connectivity index (χ4v) is 1.90. The fraction of sp³-hybridized carbons (Fsp3) is 0.312. The zero-order valence-corrected chi connectivity index (χ0v) is 11.7. The van der Waals surface area contributed by atoms with Crippen molar-refractivity contribution in [2.24, 2.45) is 0 Å². The molecule has 0 radical (unpaired) electrons. The van der Waals surface area contributed by atoms with Crippen LogP contribution in [0, 0.1) is 0 Å². The molecule has 0 amide bonds. The molecule has 0 N–H and O–H groups in total. The van der Waals surface area contributed by atoms with Crippen LogP contribution in [0.5, 0.6) is 5.75 Å². The van der Waals surface area contributed by atoms with Gasteiger partial charge in [-0.3, -0.25) is 4.79 Å². The number of rotatable bonds is 6. The maximum atomic E-state index is 10.8. The number of benzene rings is 2. The number of ether oxygens (including phenoxy) is 3. The minimum atomic E-state index is -0.322. The Kier molecular flexibility index (Phi) is 4.96. The number of hydrogen-bond donors (Lipinski definition) is 0. The Labute approximate surface area is 118 Å². The van der Waals surface area contributed by atoms with Crippen molar-refractivity contribution in [2.45, 2.75) is 13.0 Å². The second kappa shape index (κ2) is 6.91. The number of carbonyl (C=O) groups excluding carboxylic acids is 1. The van der Waals surface area contributed by atoms with Gasteiger partial charge in [0.05, 0.1) is 0 Å². The molecule has 20 heavy (non-hydrogen) atoms. The minimum Gasteiger partial charge on any atom is -0.490 e. The zero-order valence-electron chi connectivity index (χ0n) is 11.7. The third-order valence-electron chi connectivity index (χ3n) is 2.98. The molecular formula is C16H18O4. The van der Waals surface area contributed by atoms with Crippen molar-refractivity contribution in [3.05, 3.63) is 42.5 Å². The van der Waals surface area contributed by atoms with Crippen LogP contribution in [0.2, 0.25) is 0 Å². The maximum Gasteiger partial charge on any atom is 0.302 e. The second-order valence-electron chi connectivity index (χ2n) is 4.45. The largest absolute Gasteiger partial charge is 0.490 e. The first-order chi connectivity index (χ1) is 9.70. The number of carbonyl (C=O) groups is 1. The van der Waals surface area contributed by atoms with Crippen LogP contribution in [-0.2, 0) is 14.3 Å². The van der Waals surface area contributed by atoms with Gasteiger partial charge < -0.3 is 14.2 Å². The Bertz CT molecular complexity index is 574. The van der Waals surface area contributed by atoms with E-state index in [4.69, 9.17) is 14.2 Å². The van der Waals surface area contributed by atoms with Crippen molar-refractivity contribution in [3.8, 4) is 5.75 Å². The Hall–Kier alpha value is -2.07. The molecule has 0 heterocycles. The quantitative estimate of drug-likeness (QED) is 0.760. The summed E-state index contributed by atoms with van der Waals surface area (Å²) in [5.74, 6) is 0.477. The number of hydrogen-bond acceptors (Lipinski definition) is 4. The SMILES string of the molecule is CO[C@H](COC(C)=O)COc1cccc2ccccc12. The lowest BCUT2D eigenvalue weighted by molar-refractivity contribution is -0.145. The summed E-state index contributed by atoms with van der Waals surface area (Å²) in [6, 6.07) is 13.9. The van der Waals surface area contributed by atoms with E-state index in [0.717, 1.165) is 16.5 Å². The smallest absolute Gasteiger partial charge is 0.302 e. The monoisotopic (exact) mass is 274 g/mol. The van der Waals surface area contributed by atoms with Crippen molar-refractivity contribution in [3.63, 3.8) is 0 Å². The minimum absolute atomic E-state index is 0.191. The Balaban J connectivity index is 2.02. The van der Waals surface area contributed by atoms with Gasteiger partial charge in [0.1, 0.15) is 25.1 Å². The summed E-state index contributed by atoms with van der Waals surface area (Å²) in [4.78, 5) is 10.8. The van der Waals surface area contributed by atoms with Gasteiger partial charge in [0.2, 0.25) is 0 Å². The molecule has 0 fully saturated rings. The molecule has 2 aromatic rings. The summed E-state index contributed by atoms with van der Waals surface area (Å²) in [6.07, 6.45) is -0.280. The highest BCUT2D eigenvalue weighted by atomic mass is 16.6. The van der Waals surface area contributed by atoms with Gasteiger partial charge in [-0.15, -0.1) is 0 Å². The Morgan fingerprint density at radius 2 is 1.85 bits per heavy atom. The summed E-state index contributed by atoms with van der Waals surface area (Å²) in [5, 5.41) is 2.18. The molecule has 4 heteroatoms. The highest BCUT2D eigenvalue weighted by Crippen LogP contribution is 2.25. The van der Waals surface area contributed by atoms with E-state index < -0.39 is 0 Å². The van der Waals surface area contributed by atoms with Crippen LogP contribution in [0.3, 0.4) is 0 Å². The van der Waals surface area contributed by atoms with Crippen LogP contribution in [0.4, 0.5) is 0 Å². The third-order valence-corrected chi connectivity index (χ3v) is 2.98. The van der Waals surface area contributed by atoms with Crippen LogP contribution in [0.1, 0.15) is 6.92 Å². The molecule has 2 rings (SSSR count). The highest BCUT2D eigenvalue weighted by molar-refractivity contribution is 5.88. The first kappa shape index (κ1) is 14.3. The van der Waals surface area contributed by atoms with Gasteiger partial charge in [0.25, 0.3) is 0 Å². The van der Waals surface area contributed by atoms with Crippen molar-refractivity contribution >= 4 is 16.7 Å². The molecule has 0 bridgehead atoms. The van der Waals surface area contributed by atoms with E-state index >= 15 is 0 Å². The molecule has 0 aliphatic carbocycles. The Morgan fingerprint density at radius 1 is 1.10 bits per heavy atom. The highest BCUT2D eigenvalue weighted by Gasteiger charge is 2.11. The average molecular weight is 274 g/mol.